The van der Waals surface area contributed by atoms with Gasteiger partial charge in [0, 0.05) is 12.1 Å². The Hall–Kier alpha value is -2.27. The molecule has 1 aromatic carbocycles. The van der Waals surface area contributed by atoms with Crippen LogP contribution in [0.4, 0.5) is 5.69 Å². The Bertz CT molecular complexity index is 630. The van der Waals surface area contributed by atoms with E-state index in [2.05, 4.69) is 9.73 Å². The first-order valence-corrected chi connectivity index (χ1v) is 5.33. The maximum atomic E-state index is 11.8. The smallest absolute Gasteiger partial charge is 0.335 e. The maximum absolute atomic E-state index is 11.8. The molecule has 18 heavy (non-hydrogen) atoms. The monoisotopic (exact) mass is 265 g/mol. The van der Waals surface area contributed by atoms with Gasteiger partial charge in [0.2, 0.25) is 0 Å². The summed E-state index contributed by atoms with van der Waals surface area (Å²) in [4.78, 5) is 22.5. The van der Waals surface area contributed by atoms with E-state index in [9.17, 15) is 14.7 Å². The van der Waals surface area contributed by atoms with Crippen molar-refractivity contribution in [2.75, 3.05) is 5.32 Å². The number of hydrogen-bond acceptors (Lipinski definition) is 4. The van der Waals surface area contributed by atoms with Crippen molar-refractivity contribution >= 4 is 23.2 Å². The SMILES string of the molecule is O=C(Nc1ccc(O)cc1Cl)c1ccc(=O)oc1. The normalized spacial score (nSPS) is 10.1. The zero-order chi connectivity index (χ0) is 13.1. The average molecular weight is 266 g/mol. The number of aromatic hydroxyl groups is 1. The van der Waals surface area contributed by atoms with Crippen molar-refractivity contribution < 1.29 is 14.3 Å². The molecule has 0 spiro atoms. The van der Waals surface area contributed by atoms with Crippen molar-refractivity contribution in [1.82, 2.24) is 0 Å². The number of rotatable bonds is 2. The van der Waals surface area contributed by atoms with Gasteiger partial charge in [-0.1, -0.05) is 11.6 Å². The summed E-state index contributed by atoms with van der Waals surface area (Å²) in [5.41, 5.74) is 0.0126. The zero-order valence-electron chi connectivity index (χ0n) is 9.01. The van der Waals surface area contributed by atoms with Crippen LogP contribution in [0, 0.1) is 0 Å². The Morgan fingerprint density at radius 3 is 2.67 bits per heavy atom. The summed E-state index contributed by atoms with van der Waals surface area (Å²) in [6, 6.07) is 6.66. The highest BCUT2D eigenvalue weighted by molar-refractivity contribution is 6.34. The number of amides is 1. The molecule has 0 aliphatic heterocycles. The van der Waals surface area contributed by atoms with Gasteiger partial charge in [0.25, 0.3) is 5.91 Å². The highest BCUT2D eigenvalue weighted by Crippen LogP contribution is 2.26. The van der Waals surface area contributed by atoms with Crippen LogP contribution < -0.4 is 10.9 Å². The molecule has 92 valence electrons. The van der Waals surface area contributed by atoms with Crippen LogP contribution in [0.1, 0.15) is 10.4 Å². The number of phenolic OH excluding ortho intramolecular Hbond substituents is 1. The fourth-order valence-electron chi connectivity index (χ4n) is 1.29. The predicted octanol–water partition coefficient (Wildman–Crippen LogP) is 2.25. The van der Waals surface area contributed by atoms with Crippen LogP contribution in [0.25, 0.3) is 0 Å². The summed E-state index contributed by atoms with van der Waals surface area (Å²) in [7, 11) is 0. The number of carbonyl (C=O) groups is 1. The molecule has 2 aromatic rings. The fourth-order valence-corrected chi connectivity index (χ4v) is 1.51. The van der Waals surface area contributed by atoms with Crippen LogP contribution in [-0.4, -0.2) is 11.0 Å². The van der Waals surface area contributed by atoms with E-state index in [1.54, 1.807) is 0 Å². The third-order valence-corrected chi connectivity index (χ3v) is 2.48. The van der Waals surface area contributed by atoms with Crippen molar-refractivity contribution in [1.29, 1.82) is 0 Å². The minimum absolute atomic E-state index is 0.00343. The molecule has 0 aliphatic carbocycles. The topological polar surface area (TPSA) is 79.5 Å². The molecule has 6 heteroatoms. The molecule has 1 amide bonds. The number of carbonyl (C=O) groups excluding carboxylic acids is 1. The highest BCUT2D eigenvalue weighted by Gasteiger charge is 2.09. The number of hydrogen-bond donors (Lipinski definition) is 2. The molecular weight excluding hydrogens is 258 g/mol. The molecule has 2 N–H and O–H groups in total. The summed E-state index contributed by atoms with van der Waals surface area (Å²) < 4.78 is 4.58. The van der Waals surface area contributed by atoms with E-state index in [0.29, 0.717) is 5.69 Å². The van der Waals surface area contributed by atoms with Crippen molar-refractivity contribution in [3.8, 4) is 5.75 Å². The summed E-state index contributed by atoms with van der Waals surface area (Å²) in [5, 5.41) is 11.9. The van der Waals surface area contributed by atoms with E-state index in [-0.39, 0.29) is 16.3 Å². The lowest BCUT2D eigenvalue weighted by molar-refractivity contribution is 0.102. The van der Waals surface area contributed by atoms with Crippen LogP contribution >= 0.6 is 11.6 Å². The average Bonchev–Trinajstić information content (AvgIpc) is 2.33. The second kappa shape index (κ2) is 4.93. The van der Waals surface area contributed by atoms with E-state index < -0.39 is 11.5 Å². The molecule has 0 atom stereocenters. The molecule has 0 unspecified atom stereocenters. The first-order valence-electron chi connectivity index (χ1n) is 4.95. The van der Waals surface area contributed by atoms with Gasteiger partial charge in [0.05, 0.1) is 16.3 Å². The van der Waals surface area contributed by atoms with Crippen LogP contribution in [0.3, 0.4) is 0 Å². The van der Waals surface area contributed by atoms with Crippen LogP contribution in [0.15, 0.2) is 45.8 Å². The van der Waals surface area contributed by atoms with Crippen LogP contribution in [0.2, 0.25) is 5.02 Å². The minimum Gasteiger partial charge on any atom is -0.508 e. The summed E-state index contributed by atoms with van der Waals surface area (Å²) in [6.07, 6.45) is 1.06. The first-order chi connectivity index (χ1) is 8.56. The third-order valence-electron chi connectivity index (χ3n) is 2.16. The number of halogens is 1. The number of anilines is 1. The van der Waals surface area contributed by atoms with Gasteiger partial charge in [0.15, 0.2) is 0 Å². The second-order valence-electron chi connectivity index (χ2n) is 3.46. The Morgan fingerprint density at radius 1 is 1.28 bits per heavy atom. The van der Waals surface area contributed by atoms with E-state index in [1.807, 2.05) is 0 Å². The molecule has 0 saturated heterocycles. The molecule has 1 aromatic heterocycles. The largest absolute Gasteiger partial charge is 0.508 e. The molecule has 0 fully saturated rings. The van der Waals surface area contributed by atoms with Crippen molar-refractivity contribution in [3.63, 3.8) is 0 Å². The molecule has 0 aliphatic rings. The molecule has 5 nitrogen and oxygen atoms in total. The Morgan fingerprint density at radius 2 is 2.06 bits per heavy atom. The van der Waals surface area contributed by atoms with Gasteiger partial charge in [-0.05, 0) is 18.2 Å². The fraction of sp³-hybridized carbons (Fsp3) is 0. The maximum Gasteiger partial charge on any atom is 0.335 e. The van der Waals surface area contributed by atoms with E-state index in [1.165, 1.54) is 24.3 Å². The second-order valence-corrected chi connectivity index (χ2v) is 3.87. The minimum atomic E-state index is -0.533. The lowest BCUT2D eigenvalue weighted by atomic mass is 10.2. The highest BCUT2D eigenvalue weighted by atomic mass is 35.5. The van der Waals surface area contributed by atoms with Crippen molar-refractivity contribution in [2.45, 2.75) is 0 Å². The Kier molecular flexibility index (Phi) is 3.34. The van der Waals surface area contributed by atoms with Crippen LogP contribution in [-0.2, 0) is 0 Å². The van der Waals surface area contributed by atoms with Gasteiger partial charge in [-0.15, -0.1) is 0 Å². The summed E-state index contributed by atoms with van der Waals surface area (Å²) >= 11 is 5.84. The number of phenols is 1. The summed E-state index contributed by atoms with van der Waals surface area (Å²) in [5.74, 6) is -0.463. The standard InChI is InChI=1S/C12H8ClNO4/c13-9-5-8(15)2-3-10(9)14-12(17)7-1-4-11(16)18-6-7/h1-6,15H,(H,14,17). The van der Waals surface area contributed by atoms with Gasteiger partial charge in [0.1, 0.15) is 12.0 Å². The molecule has 0 radical (unpaired) electrons. The van der Waals surface area contributed by atoms with Gasteiger partial charge >= 0.3 is 5.63 Å². The number of nitrogens with one attached hydrogen (secondary N) is 1. The Labute approximate surface area is 107 Å². The number of benzene rings is 1. The summed E-state index contributed by atoms with van der Waals surface area (Å²) in [6.45, 7) is 0. The predicted molar refractivity (Wildman–Crippen MR) is 66.0 cm³/mol. The molecule has 0 bridgehead atoms. The van der Waals surface area contributed by atoms with Gasteiger partial charge in [-0.25, -0.2) is 4.79 Å². The first kappa shape index (κ1) is 12.2. The van der Waals surface area contributed by atoms with Gasteiger partial charge in [-0.2, -0.15) is 0 Å². The molecule has 1 heterocycles. The Balaban J connectivity index is 2.21. The van der Waals surface area contributed by atoms with Crippen molar-refractivity contribution in [2.24, 2.45) is 0 Å². The van der Waals surface area contributed by atoms with Gasteiger partial charge < -0.3 is 14.8 Å². The molecular formula is C12H8ClNO4. The van der Waals surface area contributed by atoms with E-state index in [0.717, 1.165) is 12.3 Å². The zero-order valence-corrected chi connectivity index (χ0v) is 9.77. The third kappa shape index (κ3) is 2.70. The van der Waals surface area contributed by atoms with E-state index in [4.69, 9.17) is 11.6 Å². The van der Waals surface area contributed by atoms with Crippen molar-refractivity contribution in [3.05, 3.63) is 57.6 Å². The van der Waals surface area contributed by atoms with E-state index >= 15 is 0 Å². The lowest BCUT2D eigenvalue weighted by Gasteiger charge is -2.06. The van der Waals surface area contributed by atoms with Crippen LogP contribution in [0.5, 0.6) is 5.75 Å². The quantitative estimate of drug-likeness (QED) is 0.816. The molecule has 0 saturated carbocycles. The molecule has 2 rings (SSSR count). The van der Waals surface area contributed by atoms with Gasteiger partial charge in [-0.3, -0.25) is 4.79 Å². The lowest BCUT2D eigenvalue weighted by Crippen LogP contribution is -2.13.